The first-order valence-electron chi connectivity index (χ1n) is 11.4. The molecule has 2 saturated heterocycles. The lowest BCUT2D eigenvalue weighted by Crippen LogP contribution is -2.53. The molecule has 0 aromatic heterocycles. The van der Waals surface area contributed by atoms with Crippen molar-refractivity contribution in [3.8, 4) is 0 Å². The normalized spacial score (nSPS) is 24.0. The molecule has 1 spiro atoms. The van der Waals surface area contributed by atoms with E-state index in [1.807, 2.05) is 66.4 Å². The second kappa shape index (κ2) is 9.15. The zero-order valence-corrected chi connectivity index (χ0v) is 18.8. The van der Waals surface area contributed by atoms with E-state index in [9.17, 15) is 14.4 Å². The molecule has 2 aromatic rings. The highest BCUT2D eigenvalue weighted by Gasteiger charge is 2.50. The lowest BCUT2D eigenvalue weighted by molar-refractivity contribution is -0.132. The van der Waals surface area contributed by atoms with Gasteiger partial charge in [-0.05, 0) is 43.0 Å². The lowest BCUT2D eigenvalue weighted by atomic mass is 9.79. The number of carbonyl (C=O) groups excluding carboxylic acids is 3. The Morgan fingerprint density at radius 3 is 2.66 bits per heavy atom. The molecule has 0 bridgehead atoms. The van der Waals surface area contributed by atoms with Gasteiger partial charge in [0, 0.05) is 38.0 Å². The van der Waals surface area contributed by atoms with Gasteiger partial charge in [0.1, 0.15) is 0 Å². The molecular weight excluding hydrogens is 402 g/mol. The third-order valence-electron chi connectivity index (χ3n) is 6.80. The van der Waals surface area contributed by atoms with E-state index in [1.165, 1.54) is 6.92 Å². The molecule has 32 heavy (non-hydrogen) atoms. The topological polar surface area (TPSA) is 78.5 Å². The first-order chi connectivity index (χ1) is 15.4. The minimum Gasteiger partial charge on any atom is -0.348 e. The summed E-state index contributed by atoms with van der Waals surface area (Å²) in [5.74, 6) is -0.283. The number of benzene rings is 2. The van der Waals surface area contributed by atoms with Crippen molar-refractivity contribution in [2.24, 2.45) is 0 Å². The van der Waals surface area contributed by atoms with Gasteiger partial charge in [0.25, 0.3) is 0 Å². The fourth-order valence-electron chi connectivity index (χ4n) is 5.21. The Bertz CT molecular complexity index is 1010. The molecule has 168 valence electrons. The maximum absolute atomic E-state index is 13.5. The van der Waals surface area contributed by atoms with E-state index >= 15 is 0 Å². The van der Waals surface area contributed by atoms with E-state index in [0.29, 0.717) is 19.5 Å². The van der Waals surface area contributed by atoms with Gasteiger partial charge >= 0.3 is 0 Å². The summed E-state index contributed by atoms with van der Waals surface area (Å²) >= 11 is 0. The SMILES string of the molecule is CC(=O)Nc1cccc([C@@H]2CN(C(=O)[C@@H](C)c3ccccc3)C[C@]23CCCCC(=O)N3)c1. The van der Waals surface area contributed by atoms with Crippen molar-refractivity contribution in [3.05, 3.63) is 65.7 Å². The van der Waals surface area contributed by atoms with E-state index in [4.69, 9.17) is 0 Å². The quantitative estimate of drug-likeness (QED) is 0.770. The number of amides is 3. The molecule has 0 radical (unpaired) electrons. The van der Waals surface area contributed by atoms with Crippen LogP contribution in [0.1, 0.15) is 62.5 Å². The zero-order valence-electron chi connectivity index (χ0n) is 18.8. The summed E-state index contributed by atoms with van der Waals surface area (Å²) < 4.78 is 0. The molecule has 0 aliphatic carbocycles. The van der Waals surface area contributed by atoms with Crippen molar-refractivity contribution in [2.45, 2.75) is 56.9 Å². The van der Waals surface area contributed by atoms with Gasteiger partial charge in [-0.25, -0.2) is 0 Å². The first kappa shape index (κ1) is 22.1. The van der Waals surface area contributed by atoms with Crippen molar-refractivity contribution in [1.29, 1.82) is 0 Å². The standard InChI is InChI=1S/C26H31N3O3/c1-18(20-9-4-3-5-10-20)25(32)29-16-23(21-11-8-12-22(15-21)27-19(2)30)26(17-29)14-7-6-13-24(31)28-26/h3-5,8-12,15,18,23H,6-7,13-14,16-17H2,1-2H3,(H,27,30)(H,28,31)/t18-,23-,26+/m0/s1. The molecule has 6 nitrogen and oxygen atoms in total. The van der Waals surface area contributed by atoms with Crippen LogP contribution in [0.15, 0.2) is 54.6 Å². The van der Waals surface area contributed by atoms with Gasteiger partial charge in [0.05, 0.1) is 11.5 Å². The highest BCUT2D eigenvalue weighted by molar-refractivity contribution is 5.89. The van der Waals surface area contributed by atoms with Gasteiger partial charge in [-0.1, -0.05) is 48.9 Å². The average Bonchev–Trinajstić information content (AvgIpc) is 3.04. The Morgan fingerprint density at radius 2 is 1.91 bits per heavy atom. The van der Waals surface area contributed by atoms with Crippen molar-refractivity contribution in [1.82, 2.24) is 10.2 Å². The predicted octanol–water partition coefficient (Wildman–Crippen LogP) is 3.80. The van der Waals surface area contributed by atoms with Crippen LogP contribution in [0, 0.1) is 0 Å². The van der Waals surface area contributed by atoms with Crippen LogP contribution in [-0.2, 0) is 14.4 Å². The molecule has 2 heterocycles. The van der Waals surface area contributed by atoms with Crippen molar-refractivity contribution < 1.29 is 14.4 Å². The molecule has 3 amide bonds. The number of nitrogens with zero attached hydrogens (tertiary/aromatic N) is 1. The highest BCUT2D eigenvalue weighted by Crippen LogP contribution is 2.42. The molecule has 4 rings (SSSR count). The predicted molar refractivity (Wildman–Crippen MR) is 124 cm³/mol. The summed E-state index contributed by atoms with van der Waals surface area (Å²) in [5.41, 5.74) is 2.26. The molecule has 3 atom stereocenters. The highest BCUT2D eigenvalue weighted by atomic mass is 16.2. The second-order valence-electron chi connectivity index (χ2n) is 9.12. The van der Waals surface area contributed by atoms with Crippen LogP contribution in [0.5, 0.6) is 0 Å². The number of carbonyl (C=O) groups is 3. The summed E-state index contributed by atoms with van der Waals surface area (Å²) in [6, 6.07) is 17.6. The van der Waals surface area contributed by atoms with Gasteiger partial charge in [0.2, 0.25) is 17.7 Å². The molecule has 2 aliphatic heterocycles. The second-order valence-corrected chi connectivity index (χ2v) is 9.12. The minimum absolute atomic E-state index is 0.0369. The third kappa shape index (κ3) is 4.54. The fraction of sp³-hybridized carbons (Fsp3) is 0.423. The Balaban J connectivity index is 1.66. The Morgan fingerprint density at radius 1 is 1.12 bits per heavy atom. The molecule has 2 N–H and O–H groups in total. The molecule has 0 saturated carbocycles. The first-order valence-corrected chi connectivity index (χ1v) is 11.4. The smallest absolute Gasteiger partial charge is 0.229 e. The molecular formula is C26H31N3O3. The van der Waals surface area contributed by atoms with Crippen LogP contribution >= 0.6 is 0 Å². The fourth-order valence-corrected chi connectivity index (χ4v) is 5.21. The Kier molecular flexibility index (Phi) is 6.31. The zero-order chi connectivity index (χ0) is 22.7. The van der Waals surface area contributed by atoms with E-state index in [1.54, 1.807) is 0 Å². The molecule has 0 unspecified atom stereocenters. The number of hydrogen-bond acceptors (Lipinski definition) is 3. The van der Waals surface area contributed by atoms with E-state index in [2.05, 4.69) is 10.6 Å². The van der Waals surface area contributed by atoms with Crippen molar-refractivity contribution in [2.75, 3.05) is 18.4 Å². The van der Waals surface area contributed by atoms with Crippen molar-refractivity contribution in [3.63, 3.8) is 0 Å². The van der Waals surface area contributed by atoms with Gasteiger partial charge in [-0.3, -0.25) is 14.4 Å². The van der Waals surface area contributed by atoms with Crippen molar-refractivity contribution >= 4 is 23.4 Å². The maximum Gasteiger partial charge on any atom is 0.229 e. The van der Waals surface area contributed by atoms with Crippen LogP contribution in [-0.4, -0.2) is 41.2 Å². The summed E-state index contributed by atoms with van der Waals surface area (Å²) in [6.45, 7) is 4.48. The lowest BCUT2D eigenvalue weighted by Gasteiger charge is -2.35. The number of likely N-dealkylation sites (tertiary alicyclic amines) is 1. The van der Waals surface area contributed by atoms with Gasteiger partial charge in [-0.15, -0.1) is 0 Å². The molecule has 6 heteroatoms. The van der Waals surface area contributed by atoms with Crippen LogP contribution < -0.4 is 10.6 Å². The monoisotopic (exact) mass is 433 g/mol. The van der Waals surface area contributed by atoms with Crippen LogP contribution in [0.3, 0.4) is 0 Å². The number of hydrogen-bond donors (Lipinski definition) is 2. The number of anilines is 1. The number of rotatable bonds is 4. The number of nitrogens with one attached hydrogen (secondary N) is 2. The average molecular weight is 434 g/mol. The van der Waals surface area contributed by atoms with Crippen LogP contribution in [0.2, 0.25) is 0 Å². The van der Waals surface area contributed by atoms with Crippen LogP contribution in [0.25, 0.3) is 0 Å². The summed E-state index contributed by atoms with van der Waals surface area (Å²) in [5, 5.41) is 6.15. The Labute approximate surface area is 189 Å². The third-order valence-corrected chi connectivity index (χ3v) is 6.80. The summed E-state index contributed by atoms with van der Waals surface area (Å²) in [4.78, 5) is 39.6. The minimum atomic E-state index is -0.492. The summed E-state index contributed by atoms with van der Waals surface area (Å²) in [7, 11) is 0. The van der Waals surface area contributed by atoms with Crippen LogP contribution in [0.4, 0.5) is 5.69 Å². The maximum atomic E-state index is 13.5. The molecule has 2 aromatic carbocycles. The van der Waals surface area contributed by atoms with E-state index in [-0.39, 0.29) is 29.6 Å². The van der Waals surface area contributed by atoms with E-state index < -0.39 is 5.54 Å². The largest absolute Gasteiger partial charge is 0.348 e. The molecule has 2 aliphatic rings. The molecule has 2 fully saturated rings. The van der Waals surface area contributed by atoms with E-state index in [0.717, 1.165) is 36.1 Å². The van der Waals surface area contributed by atoms with Gasteiger partial charge < -0.3 is 15.5 Å². The van der Waals surface area contributed by atoms with Gasteiger partial charge in [-0.2, -0.15) is 0 Å². The van der Waals surface area contributed by atoms with Gasteiger partial charge in [0.15, 0.2) is 0 Å². The summed E-state index contributed by atoms with van der Waals surface area (Å²) in [6.07, 6.45) is 3.16. The Hall–Kier alpha value is -3.15.